The molecule has 0 radical (unpaired) electrons. The van der Waals surface area contributed by atoms with Gasteiger partial charge in [-0.05, 0) is 38.1 Å². The molecule has 9 heteroatoms. The summed E-state index contributed by atoms with van der Waals surface area (Å²) < 4.78 is 9.68. The first-order valence-corrected chi connectivity index (χ1v) is 7.76. The molecule has 27 heavy (non-hydrogen) atoms. The highest BCUT2D eigenvalue weighted by Crippen LogP contribution is 2.29. The van der Waals surface area contributed by atoms with Gasteiger partial charge >= 0.3 is 11.7 Å². The summed E-state index contributed by atoms with van der Waals surface area (Å²) in [5.74, 6) is -2.02. The van der Waals surface area contributed by atoms with Crippen molar-refractivity contribution in [1.82, 2.24) is 4.90 Å². The fourth-order valence-corrected chi connectivity index (χ4v) is 2.18. The minimum absolute atomic E-state index is 0.0711. The van der Waals surface area contributed by atoms with Crippen LogP contribution in [0.15, 0.2) is 38.5 Å². The van der Waals surface area contributed by atoms with Gasteiger partial charge in [-0.1, -0.05) is 0 Å². The molecule has 2 rings (SSSR count). The molecule has 0 spiro atoms. The van der Waals surface area contributed by atoms with E-state index in [0.29, 0.717) is 11.4 Å². The number of carbonyl (C=O) groups is 2. The Balaban J connectivity index is 2.38. The molecular weight excluding hydrogens is 356 g/mol. The molecule has 2 aromatic rings. The molecule has 9 nitrogen and oxygen atoms in total. The SMILES string of the molecule is CC(=O)c1c(O)oc(=O)c(C(C)=Nc2ccc(OC(=O)N(C)C)cc2)c1O. The van der Waals surface area contributed by atoms with Crippen molar-refractivity contribution in [3.05, 3.63) is 45.8 Å². The summed E-state index contributed by atoms with van der Waals surface area (Å²) in [6.45, 7) is 2.55. The lowest BCUT2D eigenvalue weighted by Crippen LogP contribution is -2.25. The van der Waals surface area contributed by atoms with Gasteiger partial charge in [0.1, 0.15) is 22.6 Å². The van der Waals surface area contributed by atoms with Crippen LogP contribution in [0.5, 0.6) is 17.4 Å². The number of hydrogen-bond acceptors (Lipinski definition) is 8. The van der Waals surface area contributed by atoms with Gasteiger partial charge in [-0.2, -0.15) is 0 Å². The number of aromatic hydroxyl groups is 2. The van der Waals surface area contributed by atoms with Crippen LogP contribution in [0.1, 0.15) is 29.8 Å². The van der Waals surface area contributed by atoms with E-state index in [-0.39, 0.29) is 11.3 Å². The number of hydrogen-bond donors (Lipinski definition) is 2. The number of rotatable bonds is 4. The van der Waals surface area contributed by atoms with Gasteiger partial charge in [-0.15, -0.1) is 0 Å². The summed E-state index contributed by atoms with van der Waals surface area (Å²) in [5, 5.41) is 19.7. The minimum atomic E-state index is -1.03. The van der Waals surface area contributed by atoms with Crippen molar-refractivity contribution in [1.29, 1.82) is 0 Å². The molecule has 1 aromatic heterocycles. The number of Topliss-reactive ketones (excluding diaryl/α,β-unsaturated/α-hetero) is 1. The second kappa shape index (κ2) is 7.73. The Morgan fingerprint density at radius 3 is 2.19 bits per heavy atom. The van der Waals surface area contributed by atoms with E-state index in [1.165, 1.54) is 36.1 Å². The summed E-state index contributed by atoms with van der Waals surface area (Å²) in [6, 6.07) is 6.08. The number of aliphatic imine (C=N–C) groups is 1. The molecule has 0 bridgehead atoms. The third-order valence-electron chi connectivity index (χ3n) is 3.50. The lowest BCUT2D eigenvalue weighted by molar-refractivity contribution is 0.100. The Hall–Kier alpha value is -3.62. The molecule has 0 saturated heterocycles. The van der Waals surface area contributed by atoms with E-state index in [1.54, 1.807) is 14.1 Å². The summed E-state index contributed by atoms with van der Waals surface area (Å²) in [7, 11) is 3.10. The van der Waals surface area contributed by atoms with E-state index >= 15 is 0 Å². The highest BCUT2D eigenvalue weighted by Gasteiger charge is 2.23. The molecular formula is C18H18N2O7. The van der Waals surface area contributed by atoms with Crippen LogP contribution in [0.2, 0.25) is 0 Å². The molecule has 0 unspecified atom stereocenters. The Labute approximate surface area is 154 Å². The molecule has 0 fully saturated rings. The second-order valence-corrected chi connectivity index (χ2v) is 5.80. The predicted molar refractivity (Wildman–Crippen MR) is 96.3 cm³/mol. The van der Waals surface area contributed by atoms with Crippen molar-refractivity contribution in [2.75, 3.05) is 14.1 Å². The van der Waals surface area contributed by atoms with E-state index in [0.717, 1.165) is 6.92 Å². The highest BCUT2D eigenvalue weighted by molar-refractivity contribution is 6.07. The summed E-state index contributed by atoms with van der Waals surface area (Å²) in [6.07, 6.45) is -0.536. The van der Waals surface area contributed by atoms with Crippen molar-refractivity contribution in [2.24, 2.45) is 4.99 Å². The van der Waals surface area contributed by atoms with E-state index < -0.39 is 34.8 Å². The largest absolute Gasteiger partial charge is 0.506 e. The topological polar surface area (TPSA) is 130 Å². The third-order valence-corrected chi connectivity index (χ3v) is 3.50. The Bertz CT molecular complexity index is 972. The van der Waals surface area contributed by atoms with Gasteiger partial charge in [-0.3, -0.25) is 9.79 Å². The predicted octanol–water partition coefficient (Wildman–Crippen LogP) is 2.45. The molecule has 1 aromatic carbocycles. The zero-order valence-corrected chi connectivity index (χ0v) is 15.1. The van der Waals surface area contributed by atoms with Gasteiger partial charge in [-0.25, -0.2) is 9.59 Å². The number of nitrogens with zero attached hydrogens (tertiary/aromatic N) is 2. The van der Waals surface area contributed by atoms with Crippen LogP contribution in [-0.4, -0.2) is 46.8 Å². The van der Waals surface area contributed by atoms with Gasteiger partial charge in [0, 0.05) is 14.1 Å². The monoisotopic (exact) mass is 374 g/mol. The van der Waals surface area contributed by atoms with Crippen LogP contribution in [0, 0.1) is 0 Å². The van der Waals surface area contributed by atoms with Crippen LogP contribution in [0.3, 0.4) is 0 Å². The summed E-state index contributed by atoms with van der Waals surface area (Å²) in [5.41, 5.74) is -1.39. The van der Waals surface area contributed by atoms with E-state index in [4.69, 9.17) is 4.74 Å². The standard InChI is InChI=1S/C18H18N2O7/c1-9(13-15(22)14(10(2)21)17(24)27-16(13)23)19-11-5-7-12(8-6-11)26-18(25)20(3)4/h5-8,22,24H,1-4H3. The van der Waals surface area contributed by atoms with Crippen LogP contribution in [0.25, 0.3) is 0 Å². The average molecular weight is 374 g/mol. The smallest absolute Gasteiger partial charge is 0.414 e. The van der Waals surface area contributed by atoms with Gasteiger partial charge in [0.05, 0.1) is 11.4 Å². The van der Waals surface area contributed by atoms with Crippen molar-refractivity contribution < 1.29 is 29.0 Å². The Kier molecular flexibility index (Phi) is 5.64. The molecule has 0 atom stereocenters. The molecule has 0 aliphatic rings. The van der Waals surface area contributed by atoms with Gasteiger partial charge < -0.3 is 24.3 Å². The van der Waals surface area contributed by atoms with E-state index in [2.05, 4.69) is 9.41 Å². The average Bonchev–Trinajstić information content (AvgIpc) is 2.55. The lowest BCUT2D eigenvalue weighted by Gasteiger charge is -2.10. The molecule has 1 amide bonds. The second-order valence-electron chi connectivity index (χ2n) is 5.80. The normalized spacial score (nSPS) is 11.2. The quantitative estimate of drug-likeness (QED) is 0.621. The fourth-order valence-electron chi connectivity index (χ4n) is 2.18. The molecule has 2 N–H and O–H groups in total. The maximum atomic E-state index is 12.0. The summed E-state index contributed by atoms with van der Waals surface area (Å²) >= 11 is 0. The Morgan fingerprint density at radius 2 is 1.67 bits per heavy atom. The number of ketones is 1. The van der Waals surface area contributed by atoms with Crippen molar-refractivity contribution in [2.45, 2.75) is 13.8 Å². The first-order chi connectivity index (χ1) is 12.6. The lowest BCUT2D eigenvalue weighted by atomic mass is 10.1. The molecule has 0 aliphatic heterocycles. The minimum Gasteiger partial charge on any atom is -0.506 e. The van der Waals surface area contributed by atoms with Crippen LogP contribution >= 0.6 is 0 Å². The first kappa shape index (κ1) is 19.7. The maximum absolute atomic E-state index is 12.0. The van der Waals surface area contributed by atoms with Crippen molar-refractivity contribution in [3.63, 3.8) is 0 Å². The number of amides is 1. The highest BCUT2D eigenvalue weighted by atomic mass is 16.6. The zero-order valence-electron chi connectivity index (χ0n) is 15.1. The van der Waals surface area contributed by atoms with Gasteiger partial charge in [0.2, 0.25) is 0 Å². The number of benzene rings is 1. The van der Waals surface area contributed by atoms with Gasteiger partial charge in [0.25, 0.3) is 5.95 Å². The number of ether oxygens (including phenoxy) is 1. The third kappa shape index (κ3) is 4.32. The van der Waals surface area contributed by atoms with Crippen LogP contribution in [0.4, 0.5) is 10.5 Å². The molecule has 142 valence electrons. The Morgan fingerprint density at radius 1 is 1.07 bits per heavy atom. The number of carbonyl (C=O) groups excluding carboxylic acids is 2. The van der Waals surface area contributed by atoms with Crippen molar-refractivity contribution in [3.8, 4) is 17.4 Å². The fraction of sp³-hybridized carbons (Fsp3) is 0.222. The summed E-state index contributed by atoms with van der Waals surface area (Å²) in [4.78, 5) is 40.5. The maximum Gasteiger partial charge on any atom is 0.414 e. The van der Waals surface area contributed by atoms with E-state index in [9.17, 15) is 24.6 Å². The van der Waals surface area contributed by atoms with Crippen LogP contribution in [-0.2, 0) is 0 Å². The van der Waals surface area contributed by atoms with Gasteiger partial charge in [0.15, 0.2) is 5.78 Å². The molecule has 0 aliphatic carbocycles. The van der Waals surface area contributed by atoms with E-state index in [1.807, 2.05) is 0 Å². The van der Waals surface area contributed by atoms with Crippen LogP contribution < -0.4 is 10.4 Å². The molecule has 0 saturated carbocycles. The molecule has 1 heterocycles. The zero-order chi connectivity index (χ0) is 20.3. The van der Waals surface area contributed by atoms with Crippen molar-refractivity contribution >= 4 is 23.3 Å². The first-order valence-electron chi connectivity index (χ1n) is 7.76.